The van der Waals surface area contributed by atoms with Gasteiger partial charge in [-0.25, -0.2) is 4.79 Å². The number of rotatable bonds is 6. The lowest BCUT2D eigenvalue weighted by Gasteiger charge is -2.15. The number of anilines is 1. The minimum Gasteiger partial charge on any atom is -0.350 e. The average molecular weight is 365 g/mol. The summed E-state index contributed by atoms with van der Waals surface area (Å²) in [6.45, 7) is 4.83. The maximum Gasteiger partial charge on any atom is 0.319 e. The van der Waals surface area contributed by atoms with Gasteiger partial charge >= 0.3 is 6.03 Å². The van der Waals surface area contributed by atoms with E-state index in [1.165, 1.54) is 0 Å². The lowest BCUT2D eigenvalue weighted by atomic mass is 10.2. The highest BCUT2D eigenvalue weighted by Crippen LogP contribution is 2.19. The molecule has 0 fully saturated rings. The van der Waals surface area contributed by atoms with Crippen LogP contribution in [0.3, 0.4) is 0 Å². The molecule has 1 aromatic heterocycles. The Labute approximate surface area is 157 Å². The summed E-state index contributed by atoms with van der Waals surface area (Å²) in [5.74, 6) is -0.242. The molecule has 0 bridgehead atoms. The number of hydrogen-bond donors (Lipinski definition) is 3. The molecular weight excluding hydrogens is 342 g/mol. The Morgan fingerprint density at radius 3 is 2.67 bits per heavy atom. The van der Waals surface area contributed by atoms with Crippen molar-refractivity contribution in [1.82, 2.24) is 20.4 Å². The highest BCUT2D eigenvalue weighted by molar-refractivity contribution is 5.95. The molecule has 0 unspecified atom stereocenters. The van der Waals surface area contributed by atoms with Gasteiger partial charge in [0.25, 0.3) is 0 Å². The van der Waals surface area contributed by atoms with Crippen molar-refractivity contribution >= 4 is 28.5 Å². The van der Waals surface area contributed by atoms with Crippen LogP contribution in [-0.2, 0) is 17.9 Å². The van der Waals surface area contributed by atoms with Crippen molar-refractivity contribution in [3.8, 4) is 0 Å². The van der Waals surface area contributed by atoms with Gasteiger partial charge < -0.3 is 16.0 Å². The van der Waals surface area contributed by atoms with Crippen LogP contribution in [0.4, 0.5) is 10.5 Å². The molecule has 0 aliphatic rings. The van der Waals surface area contributed by atoms with Gasteiger partial charge in [0.05, 0.1) is 11.7 Å². The third-order valence-corrected chi connectivity index (χ3v) is 4.25. The monoisotopic (exact) mass is 365 g/mol. The van der Waals surface area contributed by atoms with Gasteiger partial charge in [-0.3, -0.25) is 9.48 Å². The summed E-state index contributed by atoms with van der Waals surface area (Å²) in [4.78, 5) is 24.4. The maximum absolute atomic E-state index is 12.2. The number of nitrogens with zero attached hydrogens (tertiary/aromatic N) is 2. The van der Waals surface area contributed by atoms with E-state index < -0.39 is 12.1 Å². The number of aryl methyl sites for hydroxylation is 1. The predicted molar refractivity (Wildman–Crippen MR) is 105 cm³/mol. The first-order valence-electron chi connectivity index (χ1n) is 8.91. The Kier molecular flexibility index (Phi) is 5.71. The van der Waals surface area contributed by atoms with Gasteiger partial charge in [0.15, 0.2) is 0 Å². The van der Waals surface area contributed by atoms with Gasteiger partial charge in [0, 0.05) is 24.2 Å². The van der Waals surface area contributed by atoms with Gasteiger partial charge in [-0.2, -0.15) is 5.10 Å². The highest BCUT2D eigenvalue weighted by atomic mass is 16.2. The molecule has 140 valence electrons. The Morgan fingerprint density at radius 2 is 1.93 bits per heavy atom. The van der Waals surface area contributed by atoms with E-state index in [2.05, 4.69) is 21.0 Å². The lowest BCUT2D eigenvalue weighted by molar-refractivity contribution is -0.122. The van der Waals surface area contributed by atoms with Crippen LogP contribution in [0, 0.1) is 0 Å². The average Bonchev–Trinajstić information content (AvgIpc) is 3.09. The number of carbonyl (C=O) groups is 2. The first-order chi connectivity index (χ1) is 13.1. The third-order valence-electron chi connectivity index (χ3n) is 4.25. The minimum atomic E-state index is -0.654. The lowest BCUT2D eigenvalue weighted by Crippen LogP contribution is -2.46. The molecular formula is C20H23N5O2. The summed E-state index contributed by atoms with van der Waals surface area (Å²) in [7, 11) is 0. The molecule has 1 atom stereocenters. The van der Waals surface area contributed by atoms with E-state index in [-0.39, 0.29) is 5.91 Å². The van der Waals surface area contributed by atoms with E-state index >= 15 is 0 Å². The zero-order chi connectivity index (χ0) is 19.2. The third kappa shape index (κ3) is 4.63. The summed E-state index contributed by atoms with van der Waals surface area (Å²) >= 11 is 0. The molecule has 2 aromatic carbocycles. The number of benzene rings is 2. The van der Waals surface area contributed by atoms with Crippen molar-refractivity contribution in [2.24, 2.45) is 0 Å². The number of hydrogen-bond acceptors (Lipinski definition) is 3. The molecule has 0 saturated carbocycles. The van der Waals surface area contributed by atoms with E-state index in [1.807, 2.05) is 60.1 Å². The molecule has 3 rings (SSSR count). The second-order valence-electron chi connectivity index (χ2n) is 6.26. The molecule has 7 nitrogen and oxygen atoms in total. The zero-order valence-corrected chi connectivity index (χ0v) is 15.4. The molecule has 27 heavy (non-hydrogen) atoms. The van der Waals surface area contributed by atoms with Crippen LogP contribution in [0.5, 0.6) is 0 Å². The number of urea groups is 1. The van der Waals surface area contributed by atoms with Crippen LogP contribution in [-0.4, -0.2) is 27.8 Å². The molecule has 0 aliphatic carbocycles. The second-order valence-corrected chi connectivity index (χ2v) is 6.26. The van der Waals surface area contributed by atoms with Crippen molar-refractivity contribution in [1.29, 1.82) is 0 Å². The minimum absolute atomic E-state index is 0.242. The van der Waals surface area contributed by atoms with Crippen molar-refractivity contribution in [2.45, 2.75) is 33.0 Å². The van der Waals surface area contributed by atoms with Gasteiger partial charge in [0.2, 0.25) is 5.91 Å². The first kappa shape index (κ1) is 18.4. The smallest absolute Gasteiger partial charge is 0.319 e. The highest BCUT2D eigenvalue weighted by Gasteiger charge is 2.15. The molecule has 0 radical (unpaired) electrons. The number of amides is 3. The van der Waals surface area contributed by atoms with Crippen molar-refractivity contribution in [3.05, 3.63) is 60.3 Å². The summed E-state index contributed by atoms with van der Waals surface area (Å²) in [6, 6.07) is 14.1. The van der Waals surface area contributed by atoms with Gasteiger partial charge in [0.1, 0.15) is 6.04 Å². The van der Waals surface area contributed by atoms with Crippen molar-refractivity contribution in [2.75, 3.05) is 5.32 Å². The van der Waals surface area contributed by atoms with Crippen LogP contribution in [0.25, 0.3) is 10.9 Å². The topological polar surface area (TPSA) is 88.1 Å². The van der Waals surface area contributed by atoms with Gasteiger partial charge in [-0.15, -0.1) is 0 Å². The number of aromatic nitrogens is 2. The summed E-state index contributed by atoms with van der Waals surface area (Å²) in [6.07, 6.45) is 1.79. The van der Waals surface area contributed by atoms with E-state index in [9.17, 15) is 9.59 Å². The zero-order valence-electron chi connectivity index (χ0n) is 15.4. The largest absolute Gasteiger partial charge is 0.350 e. The van der Waals surface area contributed by atoms with E-state index in [4.69, 9.17) is 0 Å². The van der Waals surface area contributed by atoms with Gasteiger partial charge in [-0.1, -0.05) is 30.3 Å². The van der Waals surface area contributed by atoms with Crippen LogP contribution in [0.15, 0.2) is 54.7 Å². The fraction of sp³-hybridized carbons (Fsp3) is 0.250. The van der Waals surface area contributed by atoms with E-state index in [1.54, 1.807) is 13.1 Å². The van der Waals surface area contributed by atoms with E-state index in [0.29, 0.717) is 12.2 Å². The number of fused-ring (bicyclic) bond motifs is 1. The summed E-state index contributed by atoms with van der Waals surface area (Å²) in [5.41, 5.74) is 2.60. The first-order valence-corrected chi connectivity index (χ1v) is 8.91. The molecule has 0 aliphatic heterocycles. The Morgan fingerprint density at radius 1 is 1.15 bits per heavy atom. The van der Waals surface area contributed by atoms with Crippen LogP contribution >= 0.6 is 0 Å². The second kappa shape index (κ2) is 8.35. The maximum atomic E-state index is 12.2. The normalized spacial score (nSPS) is 11.8. The fourth-order valence-corrected chi connectivity index (χ4v) is 2.77. The Balaban J connectivity index is 1.54. The molecule has 0 spiro atoms. The SMILES string of the molecule is CCn1ncc2ccc(NC(=O)N[C@@H](C)C(=O)NCc3ccccc3)cc21. The van der Waals surface area contributed by atoms with Gasteiger partial charge in [-0.05, 0) is 37.6 Å². The molecule has 3 aromatic rings. The molecule has 7 heteroatoms. The molecule has 3 amide bonds. The Hall–Kier alpha value is -3.35. The van der Waals surface area contributed by atoms with Crippen molar-refractivity contribution in [3.63, 3.8) is 0 Å². The molecule has 0 saturated heterocycles. The Bertz CT molecular complexity index is 936. The van der Waals surface area contributed by atoms with Crippen LogP contribution < -0.4 is 16.0 Å². The predicted octanol–water partition coefficient (Wildman–Crippen LogP) is 2.88. The quantitative estimate of drug-likeness (QED) is 0.628. The van der Waals surface area contributed by atoms with Crippen molar-refractivity contribution < 1.29 is 9.59 Å². The van der Waals surface area contributed by atoms with E-state index in [0.717, 1.165) is 23.0 Å². The molecule has 1 heterocycles. The summed E-state index contributed by atoms with van der Waals surface area (Å²) in [5, 5.41) is 13.5. The summed E-state index contributed by atoms with van der Waals surface area (Å²) < 4.78 is 1.86. The molecule has 3 N–H and O–H groups in total. The van der Waals surface area contributed by atoms with Crippen LogP contribution in [0.2, 0.25) is 0 Å². The standard InChI is InChI=1S/C20H23N5O2/c1-3-25-18-11-17(10-9-16(18)13-22-25)24-20(27)23-14(2)19(26)21-12-15-7-5-4-6-8-15/h4-11,13-14H,3,12H2,1-2H3,(H,21,26)(H2,23,24,27)/t14-/m0/s1. The van der Waals surface area contributed by atoms with Crippen LogP contribution in [0.1, 0.15) is 19.4 Å². The number of nitrogens with one attached hydrogen (secondary N) is 3. The fourth-order valence-electron chi connectivity index (χ4n) is 2.77. The number of carbonyl (C=O) groups excluding carboxylic acids is 2.